The molecular weight excluding hydrogens is 320 g/mol. The molecule has 0 aliphatic carbocycles. The number of benzene rings is 2. The minimum Gasteiger partial charge on any atom is -0.497 e. The van der Waals surface area contributed by atoms with Crippen LogP contribution in [-0.4, -0.2) is 16.5 Å². The van der Waals surface area contributed by atoms with Crippen LogP contribution in [-0.2, 0) is 0 Å². The minimum atomic E-state index is -0.0249. The number of hydrogen-bond acceptors (Lipinski definition) is 4. The SMILES string of the molecule is COc1ccc(/C=C/C=c2\sc3nc4ccccc4n3c2=O)cc1. The average molecular weight is 334 g/mol. The van der Waals surface area contributed by atoms with Crippen LogP contribution in [0.5, 0.6) is 5.75 Å². The van der Waals surface area contributed by atoms with E-state index >= 15 is 0 Å². The van der Waals surface area contributed by atoms with Gasteiger partial charge in [-0.1, -0.05) is 47.8 Å². The van der Waals surface area contributed by atoms with Gasteiger partial charge in [0, 0.05) is 0 Å². The summed E-state index contributed by atoms with van der Waals surface area (Å²) < 4.78 is 7.49. The molecule has 0 aliphatic heterocycles. The molecule has 0 amide bonds. The van der Waals surface area contributed by atoms with E-state index in [2.05, 4.69) is 4.98 Å². The lowest BCUT2D eigenvalue weighted by Crippen LogP contribution is -2.22. The maximum absolute atomic E-state index is 12.6. The lowest BCUT2D eigenvalue weighted by atomic mass is 10.2. The van der Waals surface area contributed by atoms with E-state index in [1.807, 2.05) is 66.8 Å². The Morgan fingerprint density at radius 2 is 1.92 bits per heavy atom. The molecule has 0 unspecified atom stereocenters. The Morgan fingerprint density at radius 1 is 1.12 bits per heavy atom. The summed E-state index contributed by atoms with van der Waals surface area (Å²) in [7, 11) is 1.64. The van der Waals surface area contributed by atoms with Crippen LogP contribution in [0.4, 0.5) is 0 Å². The maximum Gasteiger partial charge on any atom is 0.274 e. The molecule has 0 N–H and O–H groups in total. The summed E-state index contributed by atoms with van der Waals surface area (Å²) in [6.07, 6.45) is 5.68. The third-order valence-electron chi connectivity index (χ3n) is 3.80. The highest BCUT2D eigenvalue weighted by Crippen LogP contribution is 2.15. The number of rotatable bonds is 3. The molecule has 2 aromatic heterocycles. The van der Waals surface area contributed by atoms with Gasteiger partial charge in [0.05, 0.1) is 22.7 Å². The Bertz CT molecular complexity index is 1150. The van der Waals surface area contributed by atoms with Crippen molar-refractivity contribution in [1.29, 1.82) is 0 Å². The molecule has 0 spiro atoms. The molecule has 4 rings (SSSR count). The predicted octanol–water partition coefficient (Wildman–Crippen LogP) is 3.13. The molecule has 0 fully saturated rings. The number of nitrogens with zero attached hydrogens (tertiary/aromatic N) is 2. The molecule has 0 saturated heterocycles. The monoisotopic (exact) mass is 334 g/mol. The van der Waals surface area contributed by atoms with Crippen LogP contribution in [0.3, 0.4) is 0 Å². The summed E-state index contributed by atoms with van der Waals surface area (Å²) in [5.74, 6) is 0.823. The largest absolute Gasteiger partial charge is 0.497 e. The molecule has 2 aromatic carbocycles. The second kappa shape index (κ2) is 5.94. The number of ether oxygens (including phenoxy) is 1. The van der Waals surface area contributed by atoms with Gasteiger partial charge in [-0.25, -0.2) is 9.38 Å². The Morgan fingerprint density at radius 3 is 2.71 bits per heavy atom. The zero-order valence-electron chi connectivity index (χ0n) is 13.0. The van der Waals surface area contributed by atoms with E-state index in [9.17, 15) is 4.79 Å². The number of fused-ring (bicyclic) bond motifs is 3. The first-order valence-electron chi connectivity index (χ1n) is 7.49. The van der Waals surface area contributed by atoms with Crippen molar-refractivity contribution in [3.8, 4) is 5.75 Å². The molecule has 4 aromatic rings. The van der Waals surface area contributed by atoms with Crippen molar-refractivity contribution in [2.24, 2.45) is 0 Å². The standard InChI is InChI=1S/C19H14N2O2S/c1-23-14-11-9-13(10-12-14)5-4-8-17-18(22)21-16-7-3-2-6-15(16)20-19(21)24-17/h2-12H,1H3/b5-4+,17-8-. The van der Waals surface area contributed by atoms with E-state index < -0.39 is 0 Å². The summed E-state index contributed by atoms with van der Waals surface area (Å²) in [6.45, 7) is 0. The van der Waals surface area contributed by atoms with Crippen LogP contribution in [0.1, 0.15) is 5.56 Å². The van der Waals surface area contributed by atoms with E-state index in [4.69, 9.17) is 4.74 Å². The lowest BCUT2D eigenvalue weighted by molar-refractivity contribution is 0.415. The van der Waals surface area contributed by atoms with Crippen molar-refractivity contribution in [2.75, 3.05) is 7.11 Å². The zero-order valence-corrected chi connectivity index (χ0v) is 13.8. The van der Waals surface area contributed by atoms with E-state index in [0.717, 1.165) is 27.3 Å². The predicted molar refractivity (Wildman–Crippen MR) is 98.6 cm³/mol. The minimum absolute atomic E-state index is 0.0249. The fraction of sp³-hybridized carbons (Fsp3) is 0.0526. The van der Waals surface area contributed by atoms with Gasteiger partial charge in [0.1, 0.15) is 5.75 Å². The summed E-state index contributed by atoms with van der Waals surface area (Å²) in [6, 6.07) is 15.4. The number of imidazole rings is 1. The maximum atomic E-state index is 12.6. The molecule has 0 bridgehead atoms. The normalized spacial score (nSPS) is 12.6. The third kappa shape index (κ3) is 2.49. The molecule has 0 aliphatic rings. The molecule has 5 heteroatoms. The van der Waals surface area contributed by atoms with Gasteiger partial charge in [0.2, 0.25) is 0 Å². The highest BCUT2D eigenvalue weighted by atomic mass is 32.1. The van der Waals surface area contributed by atoms with Crippen LogP contribution in [0.2, 0.25) is 0 Å². The molecular formula is C19H14N2O2S. The Labute approximate surface area is 142 Å². The highest BCUT2D eigenvalue weighted by molar-refractivity contribution is 7.15. The zero-order chi connectivity index (χ0) is 16.5. The number of para-hydroxylation sites is 2. The summed E-state index contributed by atoms with van der Waals surface area (Å²) in [4.78, 5) is 17.8. The smallest absolute Gasteiger partial charge is 0.274 e. The molecule has 118 valence electrons. The second-order valence-electron chi connectivity index (χ2n) is 5.29. The number of hydrogen-bond donors (Lipinski definition) is 0. The Hall–Kier alpha value is -2.92. The molecule has 4 nitrogen and oxygen atoms in total. The van der Waals surface area contributed by atoms with Crippen LogP contribution in [0, 0.1) is 0 Å². The topological polar surface area (TPSA) is 43.6 Å². The Kier molecular flexibility index (Phi) is 3.63. The summed E-state index contributed by atoms with van der Waals surface area (Å²) >= 11 is 1.40. The Balaban J connectivity index is 1.73. The van der Waals surface area contributed by atoms with E-state index in [1.165, 1.54) is 11.3 Å². The van der Waals surface area contributed by atoms with Gasteiger partial charge in [-0.05, 0) is 35.9 Å². The van der Waals surface area contributed by atoms with Crippen LogP contribution in [0.25, 0.3) is 28.1 Å². The second-order valence-corrected chi connectivity index (χ2v) is 6.30. The third-order valence-corrected chi connectivity index (χ3v) is 4.78. The number of thiazole rings is 1. The molecule has 0 radical (unpaired) electrons. The molecule has 0 saturated carbocycles. The van der Waals surface area contributed by atoms with Crippen molar-refractivity contribution >= 4 is 39.5 Å². The van der Waals surface area contributed by atoms with E-state index in [1.54, 1.807) is 11.5 Å². The molecule has 2 heterocycles. The van der Waals surface area contributed by atoms with Gasteiger partial charge in [0.25, 0.3) is 5.56 Å². The summed E-state index contributed by atoms with van der Waals surface area (Å²) in [5, 5.41) is 0. The van der Waals surface area contributed by atoms with Crippen molar-refractivity contribution in [1.82, 2.24) is 9.38 Å². The van der Waals surface area contributed by atoms with Gasteiger partial charge >= 0.3 is 0 Å². The summed E-state index contributed by atoms with van der Waals surface area (Å²) in [5.41, 5.74) is 2.73. The highest BCUT2D eigenvalue weighted by Gasteiger charge is 2.09. The van der Waals surface area contributed by atoms with Crippen molar-refractivity contribution in [3.63, 3.8) is 0 Å². The molecule has 0 atom stereocenters. The van der Waals surface area contributed by atoms with Crippen molar-refractivity contribution in [3.05, 3.63) is 75.1 Å². The molecule has 24 heavy (non-hydrogen) atoms. The fourth-order valence-electron chi connectivity index (χ4n) is 2.59. The van der Waals surface area contributed by atoms with Gasteiger partial charge in [-0.3, -0.25) is 4.79 Å². The number of methoxy groups -OCH3 is 1. The van der Waals surface area contributed by atoms with Crippen molar-refractivity contribution < 1.29 is 4.74 Å². The lowest BCUT2D eigenvalue weighted by Gasteiger charge is -1.98. The van der Waals surface area contributed by atoms with Crippen molar-refractivity contribution in [2.45, 2.75) is 0 Å². The number of allylic oxidation sites excluding steroid dienone is 1. The van der Waals surface area contributed by atoms with Gasteiger partial charge in [-0.2, -0.15) is 0 Å². The average Bonchev–Trinajstić information content (AvgIpc) is 3.12. The van der Waals surface area contributed by atoms with Crippen LogP contribution in [0.15, 0.2) is 59.4 Å². The quantitative estimate of drug-likeness (QED) is 0.578. The van der Waals surface area contributed by atoms with E-state index in [0.29, 0.717) is 4.53 Å². The van der Waals surface area contributed by atoms with E-state index in [-0.39, 0.29) is 5.56 Å². The van der Waals surface area contributed by atoms with Gasteiger partial charge < -0.3 is 4.74 Å². The van der Waals surface area contributed by atoms with Crippen LogP contribution < -0.4 is 14.8 Å². The first-order chi connectivity index (χ1) is 11.8. The van der Waals surface area contributed by atoms with Gasteiger partial charge in [-0.15, -0.1) is 0 Å². The first kappa shape index (κ1) is 14.7. The van der Waals surface area contributed by atoms with Crippen LogP contribution >= 0.6 is 11.3 Å². The number of aromatic nitrogens is 2. The van der Waals surface area contributed by atoms with Gasteiger partial charge in [0.15, 0.2) is 4.96 Å². The fourth-order valence-corrected chi connectivity index (χ4v) is 3.53. The first-order valence-corrected chi connectivity index (χ1v) is 8.30.